The summed E-state index contributed by atoms with van der Waals surface area (Å²) in [4.78, 5) is 35.2. The molecule has 42 heavy (non-hydrogen) atoms. The zero-order valence-electron chi connectivity index (χ0n) is 21.9. The van der Waals surface area contributed by atoms with Gasteiger partial charge in [-0.3, -0.25) is 19.4 Å². The Balaban J connectivity index is 1.29. The Kier molecular flexibility index (Phi) is 8.04. The van der Waals surface area contributed by atoms with Crippen molar-refractivity contribution < 1.29 is 36.4 Å². The topological polar surface area (TPSA) is 71.0 Å². The lowest BCUT2D eigenvalue weighted by molar-refractivity contribution is -0.183. The zero-order valence-corrected chi connectivity index (χ0v) is 23.4. The molecule has 3 aromatic rings. The summed E-state index contributed by atoms with van der Waals surface area (Å²) in [6.07, 6.45) is -5.10. The van der Waals surface area contributed by atoms with E-state index < -0.39 is 60.6 Å². The first-order chi connectivity index (χ1) is 19.8. The predicted octanol–water partition coefficient (Wildman–Crippen LogP) is 6.35. The van der Waals surface area contributed by atoms with Gasteiger partial charge in [-0.2, -0.15) is 13.2 Å². The summed E-state index contributed by atoms with van der Waals surface area (Å²) >= 11 is 12.0. The first-order valence-corrected chi connectivity index (χ1v) is 13.4. The fourth-order valence-electron chi connectivity index (χ4n) is 5.06. The molecule has 1 fully saturated rings. The highest BCUT2D eigenvalue weighted by atomic mass is 35.5. The summed E-state index contributed by atoms with van der Waals surface area (Å²) in [6, 6.07) is 10.5. The molecule has 0 spiro atoms. The largest absolute Gasteiger partial charge is 0.400 e. The average molecular weight is 626 g/mol. The molecule has 0 bridgehead atoms. The molecular formula is C29H22Cl2F5N3O3. The number of hydrogen-bond donors (Lipinski definition) is 1. The fraction of sp³-hybridized carbons (Fsp3) is 0.276. The van der Waals surface area contributed by atoms with E-state index in [1.807, 2.05) is 0 Å². The molecule has 0 aliphatic carbocycles. The minimum absolute atomic E-state index is 0.0782. The summed E-state index contributed by atoms with van der Waals surface area (Å²) in [5, 5.41) is 3.47. The Bertz CT molecular complexity index is 1570. The van der Waals surface area contributed by atoms with Crippen LogP contribution in [-0.2, 0) is 21.6 Å². The number of nitrogens with one attached hydrogen (secondary N) is 1. The molecule has 0 saturated carbocycles. The van der Waals surface area contributed by atoms with Crippen LogP contribution in [0.15, 0.2) is 59.6 Å². The fourth-order valence-corrected chi connectivity index (χ4v) is 5.59. The van der Waals surface area contributed by atoms with Crippen molar-refractivity contribution in [3.63, 3.8) is 0 Å². The molecule has 0 aromatic heterocycles. The number of carbonyl (C=O) groups excluding carboxylic acids is 2. The summed E-state index contributed by atoms with van der Waals surface area (Å²) < 4.78 is 71.3. The van der Waals surface area contributed by atoms with E-state index in [1.165, 1.54) is 36.4 Å². The second-order valence-corrected chi connectivity index (χ2v) is 11.0. The van der Waals surface area contributed by atoms with Crippen LogP contribution in [-0.4, -0.2) is 48.0 Å². The molecule has 2 heterocycles. The number of halogens is 7. The number of hydroxylamine groups is 2. The molecule has 220 valence electrons. The predicted molar refractivity (Wildman–Crippen MR) is 146 cm³/mol. The highest BCUT2D eigenvalue weighted by Gasteiger charge is 2.58. The highest BCUT2D eigenvalue weighted by Crippen LogP contribution is 2.48. The number of rotatable bonds is 6. The number of amides is 2. The number of hydrogen-bond acceptors (Lipinski definition) is 4. The van der Waals surface area contributed by atoms with Crippen LogP contribution in [0.2, 0.25) is 10.0 Å². The number of carbonyl (C=O) groups is 2. The molecular weight excluding hydrogens is 604 g/mol. The lowest BCUT2D eigenvalue weighted by atomic mass is 9.76. The Labute approximate surface area is 247 Å². The van der Waals surface area contributed by atoms with Gasteiger partial charge in [-0.05, 0) is 66.1 Å². The van der Waals surface area contributed by atoms with Crippen LogP contribution in [0.3, 0.4) is 0 Å². The van der Waals surface area contributed by atoms with Crippen molar-refractivity contribution in [3.05, 3.63) is 104 Å². The number of aliphatic imine (C=N–C) groups is 1. The Hall–Kier alpha value is -3.54. The van der Waals surface area contributed by atoms with Crippen molar-refractivity contribution in [1.82, 2.24) is 10.4 Å². The Morgan fingerprint density at radius 3 is 2.38 bits per heavy atom. The number of aryl methyl sites for hydroxylation is 1. The van der Waals surface area contributed by atoms with Crippen LogP contribution in [0.4, 0.5) is 22.0 Å². The van der Waals surface area contributed by atoms with Crippen molar-refractivity contribution in [1.29, 1.82) is 0 Å². The molecule has 5 rings (SSSR count). The SMILES string of the molecule is Cc1cc(C2=NCC(c3cc(Cl)cc(Cl)c3)(C(F)(F)F)C2)ccc1C(=O)N[C@@H]1CON(Cc2c(F)cccc2F)C1=O. The van der Waals surface area contributed by atoms with Gasteiger partial charge in [0.05, 0.1) is 13.1 Å². The lowest BCUT2D eigenvalue weighted by Crippen LogP contribution is -2.43. The van der Waals surface area contributed by atoms with Gasteiger partial charge < -0.3 is 5.32 Å². The maximum absolute atomic E-state index is 14.4. The number of nitrogens with zero attached hydrogens (tertiary/aromatic N) is 2. The summed E-state index contributed by atoms with van der Waals surface area (Å²) in [5.74, 6) is -3.01. The van der Waals surface area contributed by atoms with Crippen LogP contribution >= 0.6 is 23.2 Å². The molecule has 2 atom stereocenters. The number of benzene rings is 3. The van der Waals surface area contributed by atoms with E-state index in [9.17, 15) is 31.5 Å². The van der Waals surface area contributed by atoms with Gasteiger partial charge >= 0.3 is 6.18 Å². The van der Waals surface area contributed by atoms with Gasteiger partial charge in [-0.1, -0.05) is 35.3 Å². The third-order valence-corrected chi connectivity index (χ3v) is 7.82. The maximum atomic E-state index is 14.4. The van der Waals surface area contributed by atoms with E-state index in [4.69, 9.17) is 28.0 Å². The van der Waals surface area contributed by atoms with Crippen LogP contribution in [0, 0.1) is 18.6 Å². The summed E-state index contributed by atoms with van der Waals surface area (Å²) in [5.41, 5.74) is -1.55. The van der Waals surface area contributed by atoms with Gasteiger partial charge in [0.2, 0.25) is 0 Å². The van der Waals surface area contributed by atoms with Crippen molar-refractivity contribution >= 4 is 40.7 Å². The molecule has 13 heteroatoms. The summed E-state index contributed by atoms with van der Waals surface area (Å²) in [6.45, 7) is 0.310. The highest BCUT2D eigenvalue weighted by molar-refractivity contribution is 6.34. The van der Waals surface area contributed by atoms with Gasteiger partial charge in [0, 0.05) is 33.3 Å². The van der Waals surface area contributed by atoms with Gasteiger partial charge in [0.25, 0.3) is 11.8 Å². The second kappa shape index (κ2) is 11.3. The van der Waals surface area contributed by atoms with Crippen LogP contribution < -0.4 is 5.32 Å². The van der Waals surface area contributed by atoms with Crippen LogP contribution in [0.5, 0.6) is 0 Å². The Morgan fingerprint density at radius 2 is 1.76 bits per heavy atom. The Morgan fingerprint density at radius 1 is 1.10 bits per heavy atom. The zero-order chi connectivity index (χ0) is 30.4. The maximum Gasteiger partial charge on any atom is 0.400 e. The summed E-state index contributed by atoms with van der Waals surface area (Å²) in [7, 11) is 0. The van der Waals surface area contributed by atoms with E-state index in [2.05, 4.69) is 10.3 Å². The van der Waals surface area contributed by atoms with Gasteiger partial charge in [-0.25, -0.2) is 13.8 Å². The molecule has 1 N–H and O–H groups in total. The average Bonchev–Trinajstić information content (AvgIpc) is 3.51. The normalized spacial score (nSPS) is 20.7. The third kappa shape index (κ3) is 5.60. The monoisotopic (exact) mass is 625 g/mol. The van der Waals surface area contributed by atoms with E-state index in [0.29, 0.717) is 11.1 Å². The van der Waals surface area contributed by atoms with Crippen molar-refractivity contribution in [2.45, 2.75) is 37.5 Å². The molecule has 3 aromatic carbocycles. The van der Waals surface area contributed by atoms with E-state index >= 15 is 0 Å². The van der Waals surface area contributed by atoms with Gasteiger partial charge in [0.15, 0.2) is 0 Å². The minimum Gasteiger partial charge on any atom is -0.338 e. The van der Waals surface area contributed by atoms with E-state index in [-0.39, 0.29) is 39.1 Å². The van der Waals surface area contributed by atoms with Crippen molar-refractivity contribution in [2.75, 3.05) is 13.2 Å². The quantitative estimate of drug-likeness (QED) is 0.325. The molecule has 2 aliphatic heterocycles. The van der Waals surface area contributed by atoms with Crippen LogP contribution in [0.25, 0.3) is 0 Å². The standard InChI is InChI=1S/C29H22Cl2F5N3O3/c1-15-7-16(24-11-28(14-37-24,29(34,35)36)17-8-18(30)10-19(31)9-17)5-6-20(15)26(40)38-25-13-42-39(27(25)41)12-21-22(32)3-2-4-23(21)33/h2-10,25H,11-14H2,1H3,(H,38,40)/t25-,28?/m1/s1. The molecule has 1 unspecified atom stereocenters. The molecule has 2 amide bonds. The third-order valence-electron chi connectivity index (χ3n) is 7.38. The minimum atomic E-state index is -4.65. The lowest BCUT2D eigenvalue weighted by Gasteiger charge is -2.31. The molecule has 1 saturated heterocycles. The van der Waals surface area contributed by atoms with Gasteiger partial charge in [-0.15, -0.1) is 0 Å². The van der Waals surface area contributed by atoms with Crippen molar-refractivity contribution in [3.8, 4) is 0 Å². The smallest absolute Gasteiger partial charge is 0.338 e. The molecule has 0 radical (unpaired) electrons. The van der Waals surface area contributed by atoms with Gasteiger partial charge in [0.1, 0.15) is 29.7 Å². The molecule has 6 nitrogen and oxygen atoms in total. The molecule has 2 aliphatic rings. The number of alkyl halides is 3. The second-order valence-electron chi connectivity index (χ2n) is 10.1. The van der Waals surface area contributed by atoms with E-state index in [0.717, 1.165) is 17.2 Å². The first kappa shape index (κ1) is 29.9. The van der Waals surface area contributed by atoms with Crippen molar-refractivity contribution in [2.24, 2.45) is 4.99 Å². The van der Waals surface area contributed by atoms with E-state index in [1.54, 1.807) is 13.0 Å². The first-order valence-electron chi connectivity index (χ1n) is 12.6. The van der Waals surface area contributed by atoms with Crippen LogP contribution in [0.1, 0.15) is 39.0 Å².